The first kappa shape index (κ1) is 20.6. The zero-order valence-corrected chi connectivity index (χ0v) is 17.3. The van der Waals surface area contributed by atoms with Crippen LogP contribution in [0.2, 0.25) is 0 Å². The van der Waals surface area contributed by atoms with E-state index in [1.54, 1.807) is 24.6 Å². The minimum Gasteiger partial charge on any atom is -0.497 e. The second-order valence-electron chi connectivity index (χ2n) is 6.81. The average Bonchev–Trinajstić information content (AvgIpc) is 3.38. The molecule has 7 nitrogen and oxygen atoms in total. The van der Waals surface area contributed by atoms with Crippen LogP contribution < -0.4 is 15.4 Å². The molecular weight excluding hydrogens is 390 g/mol. The van der Waals surface area contributed by atoms with Gasteiger partial charge in [-0.1, -0.05) is 26.0 Å². The van der Waals surface area contributed by atoms with Gasteiger partial charge in [0, 0.05) is 5.38 Å². The number of nitrogens with zero attached hydrogens (tertiary/aromatic N) is 1. The molecule has 8 heteroatoms. The van der Waals surface area contributed by atoms with Crippen LogP contribution in [0, 0.1) is 5.92 Å². The van der Waals surface area contributed by atoms with Gasteiger partial charge in [-0.05, 0) is 35.7 Å². The number of methoxy groups -OCH3 is 1. The SMILES string of the molecule is COc1ccc(C(NC(=O)Cc2csc(NC(=O)c3ccco3)n2)C(C)C)cc1. The summed E-state index contributed by atoms with van der Waals surface area (Å²) >= 11 is 1.26. The Hall–Kier alpha value is -3.13. The van der Waals surface area contributed by atoms with E-state index in [9.17, 15) is 9.59 Å². The summed E-state index contributed by atoms with van der Waals surface area (Å²) < 4.78 is 10.2. The number of anilines is 1. The Labute approximate surface area is 173 Å². The van der Waals surface area contributed by atoms with Gasteiger partial charge < -0.3 is 14.5 Å². The van der Waals surface area contributed by atoms with Crippen molar-refractivity contribution in [1.29, 1.82) is 0 Å². The summed E-state index contributed by atoms with van der Waals surface area (Å²) in [6, 6.07) is 10.8. The number of benzene rings is 1. The number of rotatable bonds is 8. The van der Waals surface area contributed by atoms with E-state index in [0.29, 0.717) is 10.8 Å². The van der Waals surface area contributed by atoms with Gasteiger partial charge in [0.05, 0.1) is 31.5 Å². The monoisotopic (exact) mass is 413 g/mol. The maximum Gasteiger partial charge on any atom is 0.293 e. The molecule has 0 fully saturated rings. The molecule has 0 aliphatic carbocycles. The van der Waals surface area contributed by atoms with Crippen molar-refractivity contribution in [3.05, 3.63) is 65.1 Å². The number of furan rings is 1. The number of amides is 2. The summed E-state index contributed by atoms with van der Waals surface area (Å²) in [6.07, 6.45) is 1.56. The number of aromatic nitrogens is 1. The molecule has 0 saturated carbocycles. The molecule has 0 radical (unpaired) electrons. The number of carbonyl (C=O) groups excluding carboxylic acids is 2. The van der Waals surface area contributed by atoms with Gasteiger partial charge >= 0.3 is 0 Å². The number of thiazole rings is 1. The van der Waals surface area contributed by atoms with Crippen LogP contribution in [0.5, 0.6) is 5.75 Å². The van der Waals surface area contributed by atoms with Gasteiger partial charge in [-0.25, -0.2) is 4.98 Å². The van der Waals surface area contributed by atoms with Gasteiger partial charge in [0.15, 0.2) is 10.9 Å². The third-order valence-corrected chi connectivity index (χ3v) is 5.12. The van der Waals surface area contributed by atoms with E-state index in [1.165, 1.54) is 17.6 Å². The number of hydrogen-bond donors (Lipinski definition) is 2. The first-order valence-corrected chi connectivity index (χ1v) is 10.1. The highest BCUT2D eigenvalue weighted by molar-refractivity contribution is 7.14. The molecule has 1 unspecified atom stereocenters. The lowest BCUT2D eigenvalue weighted by Crippen LogP contribution is -2.32. The van der Waals surface area contributed by atoms with E-state index in [-0.39, 0.29) is 36.0 Å². The molecular formula is C21H23N3O4S. The molecule has 0 aliphatic heterocycles. The molecule has 29 heavy (non-hydrogen) atoms. The van der Waals surface area contributed by atoms with E-state index >= 15 is 0 Å². The minimum absolute atomic E-state index is 0.120. The Bertz CT molecular complexity index is 949. The smallest absolute Gasteiger partial charge is 0.293 e. The number of hydrogen-bond acceptors (Lipinski definition) is 6. The fourth-order valence-electron chi connectivity index (χ4n) is 2.85. The van der Waals surface area contributed by atoms with E-state index in [0.717, 1.165) is 11.3 Å². The molecule has 1 aromatic carbocycles. The maximum atomic E-state index is 12.6. The predicted octanol–water partition coefficient (Wildman–Crippen LogP) is 4.05. The lowest BCUT2D eigenvalue weighted by atomic mass is 9.95. The van der Waals surface area contributed by atoms with Crippen molar-refractivity contribution in [2.45, 2.75) is 26.3 Å². The molecule has 1 atom stereocenters. The van der Waals surface area contributed by atoms with Crippen LogP contribution in [0.1, 0.15) is 41.7 Å². The zero-order valence-electron chi connectivity index (χ0n) is 16.5. The molecule has 2 N–H and O–H groups in total. The zero-order chi connectivity index (χ0) is 20.8. The third kappa shape index (κ3) is 5.45. The Morgan fingerprint density at radius 3 is 2.59 bits per heavy atom. The Morgan fingerprint density at radius 1 is 1.21 bits per heavy atom. The molecule has 0 bridgehead atoms. The van der Waals surface area contributed by atoms with Crippen LogP contribution in [0.15, 0.2) is 52.5 Å². The second kappa shape index (κ2) is 9.38. The largest absolute Gasteiger partial charge is 0.497 e. The van der Waals surface area contributed by atoms with Gasteiger partial charge in [0.2, 0.25) is 5.91 Å². The van der Waals surface area contributed by atoms with Crippen LogP contribution in [0.4, 0.5) is 5.13 Å². The molecule has 3 aromatic rings. The predicted molar refractivity (Wildman–Crippen MR) is 111 cm³/mol. The molecule has 2 heterocycles. The van der Waals surface area contributed by atoms with E-state index in [4.69, 9.17) is 9.15 Å². The van der Waals surface area contributed by atoms with Crippen molar-refractivity contribution in [2.75, 3.05) is 12.4 Å². The molecule has 152 valence electrons. The number of ether oxygens (including phenoxy) is 1. The quantitative estimate of drug-likeness (QED) is 0.581. The summed E-state index contributed by atoms with van der Waals surface area (Å²) in [5, 5.41) is 7.92. The van der Waals surface area contributed by atoms with Crippen LogP contribution in [0.25, 0.3) is 0 Å². The van der Waals surface area contributed by atoms with Crippen LogP contribution >= 0.6 is 11.3 Å². The van der Waals surface area contributed by atoms with Crippen molar-refractivity contribution in [3.8, 4) is 5.75 Å². The minimum atomic E-state index is -0.375. The Morgan fingerprint density at radius 2 is 1.97 bits per heavy atom. The normalized spacial score (nSPS) is 11.9. The van der Waals surface area contributed by atoms with Crippen LogP contribution in [-0.4, -0.2) is 23.9 Å². The molecule has 2 amide bonds. The molecule has 2 aromatic heterocycles. The Balaban J connectivity index is 1.60. The van der Waals surface area contributed by atoms with Crippen molar-refractivity contribution in [1.82, 2.24) is 10.3 Å². The fraction of sp³-hybridized carbons (Fsp3) is 0.286. The summed E-state index contributed by atoms with van der Waals surface area (Å²) in [4.78, 5) is 28.9. The third-order valence-electron chi connectivity index (χ3n) is 4.32. The highest BCUT2D eigenvalue weighted by Crippen LogP contribution is 2.24. The van der Waals surface area contributed by atoms with Crippen molar-refractivity contribution >= 4 is 28.3 Å². The maximum absolute atomic E-state index is 12.6. The molecule has 3 rings (SSSR count). The summed E-state index contributed by atoms with van der Waals surface area (Å²) in [6.45, 7) is 4.11. The Kier molecular flexibility index (Phi) is 6.66. The lowest BCUT2D eigenvalue weighted by molar-refractivity contribution is -0.121. The molecule has 0 aliphatic rings. The fourth-order valence-corrected chi connectivity index (χ4v) is 3.55. The van der Waals surface area contributed by atoms with Gasteiger partial charge in [-0.2, -0.15) is 0 Å². The van der Waals surface area contributed by atoms with Crippen LogP contribution in [-0.2, 0) is 11.2 Å². The van der Waals surface area contributed by atoms with E-state index < -0.39 is 0 Å². The molecule has 0 saturated heterocycles. The van der Waals surface area contributed by atoms with Crippen LogP contribution in [0.3, 0.4) is 0 Å². The first-order valence-electron chi connectivity index (χ1n) is 9.19. The topological polar surface area (TPSA) is 93.5 Å². The van der Waals surface area contributed by atoms with Crippen molar-refractivity contribution < 1.29 is 18.7 Å². The average molecular weight is 413 g/mol. The molecule has 0 spiro atoms. The standard InChI is InChI=1S/C21H23N3O4S/c1-13(2)19(14-6-8-16(27-3)9-7-14)23-18(25)11-15-12-29-21(22-15)24-20(26)17-5-4-10-28-17/h4-10,12-13,19H,11H2,1-3H3,(H,23,25)(H,22,24,26). The van der Waals surface area contributed by atoms with Gasteiger partial charge in [0.25, 0.3) is 5.91 Å². The van der Waals surface area contributed by atoms with Gasteiger partial charge in [-0.15, -0.1) is 11.3 Å². The number of nitrogens with one attached hydrogen (secondary N) is 2. The lowest BCUT2D eigenvalue weighted by Gasteiger charge is -2.23. The number of carbonyl (C=O) groups is 2. The van der Waals surface area contributed by atoms with Crippen molar-refractivity contribution in [2.24, 2.45) is 5.92 Å². The van der Waals surface area contributed by atoms with Crippen molar-refractivity contribution in [3.63, 3.8) is 0 Å². The van der Waals surface area contributed by atoms with E-state index in [2.05, 4.69) is 29.5 Å². The highest BCUT2D eigenvalue weighted by atomic mass is 32.1. The van der Waals surface area contributed by atoms with Gasteiger partial charge in [-0.3, -0.25) is 14.9 Å². The summed E-state index contributed by atoms with van der Waals surface area (Å²) in [5.41, 5.74) is 1.61. The van der Waals surface area contributed by atoms with E-state index in [1.807, 2.05) is 24.3 Å². The summed E-state index contributed by atoms with van der Waals surface area (Å²) in [5.74, 6) is 0.687. The van der Waals surface area contributed by atoms with Gasteiger partial charge in [0.1, 0.15) is 5.75 Å². The first-order chi connectivity index (χ1) is 14.0. The summed E-state index contributed by atoms with van der Waals surface area (Å²) in [7, 11) is 1.62. The highest BCUT2D eigenvalue weighted by Gasteiger charge is 2.19. The second-order valence-corrected chi connectivity index (χ2v) is 7.67.